The molecule has 0 radical (unpaired) electrons. The molecule has 2 nitrogen and oxygen atoms in total. The fourth-order valence-electron chi connectivity index (χ4n) is 1.27. The van der Waals surface area contributed by atoms with Gasteiger partial charge < -0.3 is 11.1 Å². The second kappa shape index (κ2) is 5.53. The van der Waals surface area contributed by atoms with Crippen molar-refractivity contribution in [1.82, 2.24) is 0 Å². The second-order valence-corrected chi connectivity index (χ2v) is 3.85. The SMILES string of the molecule is CCC(C)CCNc1ccc(N)cc1. The van der Waals surface area contributed by atoms with Crippen molar-refractivity contribution in [3.63, 3.8) is 0 Å². The minimum Gasteiger partial charge on any atom is -0.399 e. The Hall–Kier alpha value is -1.18. The average Bonchev–Trinajstić information content (AvgIpc) is 2.21. The highest BCUT2D eigenvalue weighted by atomic mass is 14.9. The molecule has 1 atom stereocenters. The van der Waals surface area contributed by atoms with Crippen LogP contribution in [0.2, 0.25) is 0 Å². The molecule has 1 unspecified atom stereocenters. The molecule has 0 aliphatic rings. The lowest BCUT2D eigenvalue weighted by atomic mass is 10.1. The van der Waals surface area contributed by atoms with Crippen molar-refractivity contribution in [2.75, 3.05) is 17.6 Å². The van der Waals surface area contributed by atoms with Crippen molar-refractivity contribution < 1.29 is 0 Å². The highest BCUT2D eigenvalue weighted by Gasteiger charge is 1.97. The predicted octanol–water partition coefficient (Wildman–Crippen LogP) is 3.12. The van der Waals surface area contributed by atoms with Crippen LogP contribution in [-0.4, -0.2) is 6.54 Å². The average molecular weight is 192 g/mol. The van der Waals surface area contributed by atoms with Gasteiger partial charge in [0.15, 0.2) is 0 Å². The molecule has 1 aromatic rings. The first-order chi connectivity index (χ1) is 6.72. The number of nitrogens with two attached hydrogens (primary N) is 1. The quantitative estimate of drug-likeness (QED) is 0.703. The van der Waals surface area contributed by atoms with E-state index in [2.05, 4.69) is 19.2 Å². The highest BCUT2D eigenvalue weighted by molar-refractivity contribution is 5.51. The smallest absolute Gasteiger partial charge is 0.0341 e. The third-order valence-electron chi connectivity index (χ3n) is 2.57. The van der Waals surface area contributed by atoms with Crippen LogP contribution in [0.5, 0.6) is 0 Å². The summed E-state index contributed by atoms with van der Waals surface area (Å²) in [7, 11) is 0. The van der Waals surface area contributed by atoms with E-state index < -0.39 is 0 Å². The molecule has 14 heavy (non-hydrogen) atoms. The maximum absolute atomic E-state index is 5.60. The molecular weight excluding hydrogens is 172 g/mol. The van der Waals surface area contributed by atoms with E-state index in [9.17, 15) is 0 Å². The fourth-order valence-corrected chi connectivity index (χ4v) is 1.27. The fraction of sp³-hybridized carbons (Fsp3) is 0.500. The van der Waals surface area contributed by atoms with Crippen LogP contribution < -0.4 is 11.1 Å². The summed E-state index contributed by atoms with van der Waals surface area (Å²) in [4.78, 5) is 0. The van der Waals surface area contributed by atoms with Crippen molar-refractivity contribution in [3.8, 4) is 0 Å². The summed E-state index contributed by atoms with van der Waals surface area (Å²) in [5, 5.41) is 3.38. The topological polar surface area (TPSA) is 38.0 Å². The Kier molecular flexibility index (Phi) is 4.30. The van der Waals surface area contributed by atoms with Gasteiger partial charge in [-0.25, -0.2) is 0 Å². The lowest BCUT2D eigenvalue weighted by Crippen LogP contribution is -2.05. The monoisotopic (exact) mass is 192 g/mol. The molecular formula is C12H20N2. The van der Waals surface area contributed by atoms with E-state index in [4.69, 9.17) is 5.73 Å². The Labute approximate surface area is 86.5 Å². The van der Waals surface area contributed by atoms with Crippen LogP contribution in [0.15, 0.2) is 24.3 Å². The molecule has 0 aliphatic carbocycles. The number of benzene rings is 1. The Bertz CT molecular complexity index is 254. The molecule has 0 aromatic heterocycles. The first-order valence-corrected chi connectivity index (χ1v) is 5.31. The van der Waals surface area contributed by atoms with Gasteiger partial charge in [0, 0.05) is 17.9 Å². The Morgan fingerprint density at radius 3 is 2.50 bits per heavy atom. The summed E-state index contributed by atoms with van der Waals surface area (Å²) in [6, 6.07) is 7.88. The third-order valence-corrected chi connectivity index (χ3v) is 2.57. The van der Waals surface area contributed by atoms with Crippen LogP contribution in [0.4, 0.5) is 11.4 Å². The van der Waals surface area contributed by atoms with Crippen molar-refractivity contribution in [2.45, 2.75) is 26.7 Å². The zero-order chi connectivity index (χ0) is 10.4. The molecule has 0 bridgehead atoms. The van der Waals surface area contributed by atoms with E-state index in [1.54, 1.807) is 0 Å². The Morgan fingerprint density at radius 1 is 1.29 bits per heavy atom. The summed E-state index contributed by atoms with van der Waals surface area (Å²) in [5.74, 6) is 0.802. The molecule has 1 rings (SSSR count). The molecule has 2 heteroatoms. The van der Waals surface area contributed by atoms with E-state index >= 15 is 0 Å². The second-order valence-electron chi connectivity index (χ2n) is 3.85. The van der Waals surface area contributed by atoms with Crippen LogP contribution in [0.1, 0.15) is 26.7 Å². The molecule has 0 fully saturated rings. The summed E-state index contributed by atoms with van der Waals surface area (Å²) >= 11 is 0. The van der Waals surface area contributed by atoms with Gasteiger partial charge in [-0.3, -0.25) is 0 Å². The third kappa shape index (κ3) is 3.69. The summed E-state index contributed by atoms with van der Waals surface area (Å²) in [6.07, 6.45) is 2.48. The Balaban J connectivity index is 2.28. The van der Waals surface area contributed by atoms with Crippen LogP contribution >= 0.6 is 0 Å². The molecule has 3 N–H and O–H groups in total. The van der Waals surface area contributed by atoms with Crippen molar-refractivity contribution in [2.24, 2.45) is 5.92 Å². The number of hydrogen-bond donors (Lipinski definition) is 2. The normalized spacial score (nSPS) is 12.4. The molecule has 1 aromatic carbocycles. The van der Waals surface area contributed by atoms with Gasteiger partial charge in [0.2, 0.25) is 0 Å². The van der Waals surface area contributed by atoms with Crippen molar-refractivity contribution in [1.29, 1.82) is 0 Å². The maximum atomic E-state index is 5.60. The maximum Gasteiger partial charge on any atom is 0.0341 e. The molecule has 0 spiro atoms. The van der Waals surface area contributed by atoms with Gasteiger partial charge >= 0.3 is 0 Å². The zero-order valence-electron chi connectivity index (χ0n) is 9.09. The van der Waals surface area contributed by atoms with Crippen molar-refractivity contribution >= 4 is 11.4 Å². The highest BCUT2D eigenvalue weighted by Crippen LogP contribution is 2.12. The number of anilines is 2. The molecule has 0 aliphatic heterocycles. The van der Waals surface area contributed by atoms with Gasteiger partial charge in [-0.1, -0.05) is 20.3 Å². The minimum atomic E-state index is 0.802. The van der Waals surface area contributed by atoms with Gasteiger partial charge in [-0.2, -0.15) is 0 Å². The first-order valence-electron chi connectivity index (χ1n) is 5.31. The molecule has 78 valence electrons. The largest absolute Gasteiger partial charge is 0.399 e. The lowest BCUT2D eigenvalue weighted by Gasteiger charge is -2.10. The predicted molar refractivity (Wildman–Crippen MR) is 63.4 cm³/mol. The molecule has 0 amide bonds. The van der Waals surface area contributed by atoms with E-state index in [1.165, 1.54) is 12.8 Å². The standard InChI is InChI=1S/C12H20N2/c1-3-10(2)8-9-14-12-6-4-11(13)5-7-12/h4-7,10,14H,3,8-9,13H2,1-2H3. The van der Waals surface area contributed by atoms with Gasteiger partial charge in [0.05, 0.1) is 0 Å². The van der Waals surface area contributed by atoms with Crippen LogP contribution in [0.25, 0.3) is 0 Å². The van der Waals surface area contributed by atoms with E-state index in [0.29, 0.717) is 0 Å². The molecule has 0 saturated heterocycles. The van der Waals surface area contributed by atoms with Gasteiger partial charge in [0.25, 0.3) is 0 Å². The lowest BCUT2D eigenvalue weighted by molar-refractivity contribution is 0.532. The first kappa shape index (κ1) is 10.9. The van der Waals surface area contributed by atoms with Gasteiger partial charge in [-0.05, 0) is 36.6 Å². The van der Waals surface area contributed by atoms with Crippen LogP contribution in [0.3, 0.4) is 0 Å². The van der Waals surface area contributed by atoms with Crippen LogP contribution in [0, 0.1) is 5.92 Å². The van der Waals surface area contributed by atoms with E-state index in [-0.39, 0.29) is 0 Å². The number of nitrogen functional groups attached to an aromatic ring is 1. The van der Waals surface area contributed by atoms with Gasteiger partial charge in [0.1, 0.15) is 0 Å². The van der Waals surface area contributed by atoms with E-state index in [0.717, 1.165) is 23.8 Å². The Morgan fingerprint density at radius 2 is 1.93 bits per heavy atom. The molecule has 0 heterocycles. The zero-order valence-corrected chi connectivity index (χ0v) is 9.09. The van der Waals surface area contributed by atoms with E-state index in [1.807, 2.05) is 24.3 Å². The minimum absolute atomic E-state index is 0.802. The molecule has 0 saturated carbocycles. The number of hydrogen-bond acceptors (Lipinski definition) is 2. The van der Waals surface area contributed by atoms with Crippen molar-refractivity contribution in [3.05, 3.63) is 24.3 Å². The summed E-state index contributed by atoms with van der Waals surface area (Å²) in [5.41, 5.74) is 7.57. The number of nitrogens with one attached hydrogen (secondary N) is 1. The van der Waals surface area contributed by atoms with Gasteiger partial charge in [-0.15, -0.1) is 0 Å². The number of rotatable bonds is 5. The van der Waals surface area contributed by atoms with Crippen LogP contribution in [-0.2, 0) is 0 Å². The summed E-state index contributed by atoms with van der Waals surface area (Å²) < 4.78 is 0. The summed E-state index contributed by atoms with van der Waals surface area (Å²) in [6.45, 7) is 5.55.